The van der Waals surface area contributed by atoms with Gasteiger partial charge in [0.05, 0.1) is 26.3 Å². The Morgan fingerprint density at radius 3 is 2.82 bits per heavy atom. The van der Waals surface area contributed by atoms with E-state index in [9.17, 15) is 0 Å². The highest BCUT2D eigenvalue weighted by Gasteiger charge is 2.08. The van der Waals surface area contributed by atoms with Crippen LogP contribution in [-0.4, -0.2) is 63.3 Å². The van der Waals surface area contributed by atoms with Crippen molar-refractivity contribution in [3.63, 3.8) is 0 Å². The lowest BCUT2D eigenvalue weighted by atomic mass is 10.4. The summed E-state index contributed by atoms with van der Waals surface area (Å²) >= 11 is 0. The molecule has 1 fully saturated rings. The van der Waals surface area contributed by atoms with Gasteiger partial charge in [-0.15, -0.1) is 6.42 Å². The Hall–Kier alpha value is -1.25. The van der Waals surface area contributed by atoms with Crippen LogP contribution in [0.2, 0.25) is 0 Å². The van der Waals surface area contributed by atoms with Gasteiger partial charge in [0.15, 0.2) is 5.96 Å². The molecule has 1 rings (SSSR count). The number of hydrogen-bond donors (Lipinski definition) is 2. The maximum Gasteiger partial charge on any atom is 0.192 e. The van der Waals surface area contributed by atoms with Crippen molar-refractivity contribution in [2.24, 2.45) is 4.99 Å². The molecule has 0 amide bonds. The van der Waals surface area contributed by atoms with Crippen LogP contribution in [0.3, 0.4) is 0 Å². The fraction of sp³-hybridized carbons (Fsp3) is 0.750. The lowest BCUT2D eigenvalue weighted by molar-refractivity contribution is 0.0394. The van der Waals surface area contributed by atoms with Gasteiger partial charge in [0.1, 0.15) is 0 Å². The first kappa shape index (κ1) is 13.8. The Balaban J connectivity index is 2.24. The second kappa shape index (κ2) is 8.85. The van der Waals surface area contributed by atoms with E-state index in [4.69, 9.17) is 11.2 Å². The van der Waals surface area contributed by atoms with Crippen LogP contribution in [0.1, 0.15) is 6.92 Å². The molecule has 0 atom stereocenters. The molecule has 1 saturated heterocycles. The number of terminal acetylenes is 1. The summed E-state index contributed by atoms with van der Waals surface area (Å²) < 4.78 is 5.29. The fourth-order valence-electron chi connectivity index (χ4n) is 1.60. The Morgan fingerprint density at radius 2 is 2.18 bits per heavy atom. The quantitative estimate of drug-likeness (QED) is 0.385. The Kier molecular flexibility index (Phi) is 7.19. The summed E-state index contributed by atoms with van der Waals surface area (Å²) in [6.07, 6.45) is 5.20. The molecule has 5 heteroatoms. The van der Waals surface area contributed by atoms with Crippen molar-refractivity contribution in [2.45, 2.75) is 6.92 Å². The van der Waals surface area contributed by atoms with Crippen LogP contribution in [0.25, 0.3) is 0 Å². The lowest BCUT2D eigenvalue weighted by Crippen LogP contribution is -2.40. The third-order valence-electron chi connectivity index (χ3n) is 2.49. The Bertz CT molecular complexity index is 266. The average Bonchev–Trinajstić information content (AvgIpc) is 2.37. The molecule has 1 heterocycles. The first-order valence-electron chi connectivity index (χ1n) is 6.12. The molecule has 5 nitrogen and oxygen atoms in total. The maximum atomic E-state index is 5.29. The van der Waals surface area contributed by atoms with Crippen molar-refractivity contribution in [1.29, 1.82) is 0 Å². The number of nitrogens with zero attached hydrogens (tertiary/aromatic N) is 2. The average molecular weight is 238 g/mol. The number of ether oxygens (including phenoxy) is 1. The van der Waals surface area contributed by atoms with Gasteiger partial charge < -0.3 is 15.4 Å². The van der Waals surface area contributed by atoms with Gasteiger partial charge in [0.25, 0.3) is 0 Å². The predicted molar refractivity (Wildman–Crippen MR) is 70.1 cm³/mol. The summed E-state index contributed by atoms with van der Waals surface area (Å²) in [5.41, 5.74) is 0. The van der Waals surface area contributed by atoms with Crippen molar-refractivity contribution < 1.29 is 4.74 Å². The third kappa shape index (κ3) is 6.15. The smallest absolute Gasteiger partial charge is 0.192 e. The van der Waals surface area contributed by atoms with E-state index in [-0.39, 0.29) is 0 Å². The summed E-state index contributed by atoms with van der Waals surface area (Å²) in [6, 6.07) is 0. The molecule has 0 saturated carbocycles. The van der Waals surface area contributed by atoms with Gasteiger partial charge in [-0.2, -0.15) is 0 Å². The molecule has 0 aromatic rings. The van der Waals surface area contributed by atoms with E-state index in [1.54, 1.807) is 0 Å². The number of guanidine groups is 1. The van der Waals surface area contributed by atoms with Crippen LogP contribution in [0.5, 0.6) is 0 Å². The fourth-order valence-corrected chi connectivity index (χ4v) is 1.60. The second-order valence-corrected chi connectivity index (χ2v) is 3.77. The monoisotopic (exact) mass is 238 g/mol. The zero-order chi connectivity index (χ0) is 12.3. The minimum Gasteiger partial charge on any atom is -0.379 e. The van der Waals surface area contributed by atoms with Crippen LogP contribution in [0.4, 0.5) is 0 Å². The predicted octanol–water partition coefficient (Wildman–Crippen LogP) is -0.493. The largest absolute Gasteiger partial charge is 0.379 e. The highest BCUT2D eigenvalue weighted by Crippen LogP contribution is 1.95. The molecule has 0 unspecified atom stereocenters. The van der Waals surface area contributed by atoms with Gasteiger partial charge in [-0.3, -0.25) is 9.89 Å². The first-order chi connectivity index (χ1) is 8.36. The minimum atomic E-state index is 0.503. The SMILES string of the molecule is C#CCNC(=NCCN1CCOCC1)NCC. The van der Waals surface area contributed by atoms with E-state index in [1.165, 1.54) is 0 Å². The van der Waals surface area contributed by atoms with Crippen molar-refractivity contribution >= 4 is 5.96 Å². The number of hydrogen-bond acceptors (Lipinski definition) is 3. The molecule has 96 valence electrons. The summed E-state index contributed by atoms with van der Waals surface area (Å²) in [6.45, 7) is 8.80. The number of morpholine rings is 1. The molecular weight excluding hydrogens is 216 g/mol. The van der Waals surface area contributed by atoms with Crippen LogP contribution >= 0.6 is 0 Å². The van der Waals surface area contributed by atoms with Gasteiger partial charge in [0, 0.05) is 26.2 Å². The van der Waals surface area contributed by atoms with Gasteiger partial charge in [-0.1, -0.05) is 5.92 Å². The zero-order valence-corrected chi connectivity index (χ0v) is 10.5. The van der Waals surface area contributed by atoms with E-state index in [0.717, 1.165) is 51.9 Å². The molecule has 1 aliphatic rings. The molecule has 0 aromatic carbocycles. The minimum absolute atomic E-state index is 0.503. The van der Waals surface area contributed by atoms with Gasteiger partial charge in [-0.05, 0) is 6.92 Å². The molecule has 2 N–H and O–H groups in total. The summed E-state index contributed by atoms with van der Waals surface area (Å²) in [7, 11) is 0. The number of nitrogens with one attached hydrogen (secondary N) is 2. The van der Waals surface area contributed by atoms with E-state index in [0.29, 0.717) is 6.54 Å². The third-order valence-corrected chi connectivity index (χ3v) is 2.49. The maximum absolute atomic E-state index is 5.29. The highest BCUT2D eigenvalue weighted by atomic mass is 16.5. The van der Waals surface area contributed by atoms with E-state index < -0.39 is 0 Å². The zero-order valence-electron chi connectivity index (χ0n) is 10.5. The van der Waals surface area contributed by atoms with Crippen molar-refractivity contribution in [2.75, 3.05) is 52.5 Å². The van der Waals surface area contributed by atoms with Gasteiger partial charge in [0.2, 0.25) is 0 Å². The normalized spacial score (nSPS) is 17.5. The molecule has 0 aromatic heterocycles. The second-order valence-electron chi connectivity index (χ2n) is 3.77. The van der Waals surface area contributed by atoms with Crippen LogP contribution in [0.15, 0.2) is 4.99 Å². The van der Waals surface area contributed by atoms with Crippen molar-refractivity contribution in [3.8, 4) is 12.3 Å². The van der Waals surface area contributed by atoms with Gasteiger partial charge >= 0.3 is 0 Å². The topological polar surface area (TPSA) is 48.9 Å². The van der Waals surface area contributed by atoms with Gasteiger partial charge in [-0.25, -0.2) is 0 Å². The molecule has 0 aliphatic carbocycles. The Morgan fingerprint density at radius 1 is 1.41 bits per heavy atom. The molecular formula is C12H22N4O. The van der Waals surface area contributed by atoms with Crippen LogP contribution < -0.4 is 10.6 Å². The van der Waals surface area contributed by atoms with Crippen molar-refractivity contribution in [1.82, 2.24) is 15.5 Å². The van der Waals surface area contributed by atoms with Crippen LogP contribution in [-0.2, 0) is 4.74 Å². The molecule has 1 aliphatic heterocycles. The lowest BCUT2D eigenvalue weighted by Gasteiger charge is -2.25. The number of aliphatic imine (C=N–C) groups is 1. The van der Waals surface area contributed by atoms with E-state index in [2.05, 4.69) is 26.4 Å². The standard InChI is InChI=1S/C12H22N4O/c1-3-5-14-12(13-4-2)15-6-7-16-8-10-17-11-9-16/h1H,4-11H2,2H3,(H2,13,14,15). The van der Waals surface area contributed by atoms with E-state index >= 15 is 0 Å². The molecule has 17 heavy (non-hydrogen) atoms. The van der Waals surface area contributed by atoms with Crippen molar-refractivity contribution in [3.05, 3.63) is 0 Å². The Labute approximate surface area is 104 Å². The summed E-state index contributed by atoms with van der Waals surface area (Å²) in [4.78, 5) is 6.82. The number of rotatable bonds is 5. The summed E-state index contributed by atoms with van der Waals surface area (Å²) in [5, 5.41) is 6.22. The first-order valence-corrected chi connectivity index (χ1v) is 6.12. The molecule has 0 spiro atoms. The summed E-state index contributed by atoms with van der Waals surface area (Å²) in [5.74, 6) is 3.33. The highest BCUT2D eigenvalue weighted by molar-refractivity contribution is 5.79. The molecule has 0 radical (unpaired) electrons. The molecule has 0 bridgehead atoms. The van der Waals surface area contributed by atoms with E-state index in [1.807, 2.05) is 6.92 Å². The van der Waals surface area contributed by atoms with Crippen LogP contribution in [0, 0.1) is 12.3 Å².